The molecule has 0 saturated heterocycles. The van der Waals surface area contributed by atoms with E-state index in [1.165, 1.54) is 36.4 Å². The number of nitrogens with one attached hydrogen (secondary N) is 6. The van der Waals surface area contributed by atoms with Gasteiger partial charge >= 0.3 is 32.5 Å². The van der Waals surface area contributed by atoms with Gasteiger partial charge in [0.15, 0.2) is 0 Å². The summed E-state index contributed by atoms with van der Waals surface area (Å²) in [7, 11) is -8.53. The van der Waals surface area contributed by atoms with E-state index in [9.17, 15) is 26.4 Å². The van der Waals surface area contributed by atoms with Gasteiger partial charge in [-0.3, -0.25) is 9.44 Å². The predicted molar refractivity (Wildman–Crippen MR) is 150 cm³/mol. The highest BCUT2D eigenvalue weighted by Gasteiger charge is 2.18. The molecule has 0 heterocycles. The molecule has 2 aromatic carbocycles. The van der Waals surface area contributed by atoms with Crippen molar-refractivity contribution in [1.29, 1.82) is 0 Å². The van der Waals surface area contributed by atoms with E-state index < -0.39 is 32.5 Å². The predicted octanol–water partition coefficient (Wildman–Crippen LogP) is 4.47. The highest BCUT2D eigenvalue weighted by molar-refractivity contribution is 7.91. The van der Waals surface area contributed by atoms with E-state index in [0.29, 0.717) is 25.7 Å². The Bertz CT molecular complexity index is 1220. The fourth-order valence-electron chi connectivity index (χ4n) is 2.83. The number of anilines is 2. The van der Waals surface area contributed by atoms with Crippen molar-refractivity contribution in [3.05, 3.63) is 56.5 Å². The van der Waals surface area contributed by atoms with Crippen LogP contribution in [0.2, 0.25) is 20.1 Å². The zero-order valence-corrected chi connectivity index (χ0v) is 24.1. The second kappa shape index (κ2) is 14.7. The maximum Gasteiger partial charge on any atom is 0.329 e. The molecule has 12 nitrogen and oxygen atoms in total. The molecule has 0 aliphatic heterocycles. The van der Waals surface area contributed by atoms with Gasteiger partial charge in [-0.15, -0.1) is 0 Å². The minimum Gasteiger partial charge on any atom is -0.337 e. The molecule has 0 aliphatic rings. The van der Waals surface area contributed by atoms with E-state index in [2.05, 4.69) is 20.1 Å². The summed E-state index contributed by atoms with van der Waals surface area (Å²) < 4.78 is 56.1. The molecule has 38 heavy (non-hydrogen) atoms. The lowest BCUT2D eigenvalue weighted by atomic mass is 10.2. The third kappa shape index (κ3) is 11.2. The average molecular weight is 650 g/mol. The average Bonchev–Trinajstić information content (AvgIpc) is 2.80. The SMILES string of the molecule is O=C(NCCCCCCNC(=O)NS(=O)(=O)Nc1c(Cl)cccc1Cl)NS(=O)(=O)Nc1c(Cl)cccc1Cl. The molecule has 0 saturated carbocycles. The van der Waals surface area contributed by atoms with Crippen LogP contribution in [-0.2, 0) is 20.4 Å². The summed E-state index contributed by atoms with van der Waals surface area (Å²) in [5.41, 5.74) is -0.116. The van der Waals surface area contributed by atoms with Gasteiger partial charge in [0.25, 0.3) is 0 Å². The number of rotatable bonds is 13. The number of hydrogen-bond acceptors (Lipinski definition) is 6. The Morgan fingerprint density at radius 3 is 1.21 bits per heavy atom. The molecule has 18 heteroatoms. The number of halogens is 4. The van der Waals surface area contributed by atoms with E-state index in [1.54, 1.807) is 9.44 Å². The molecule has 0 fully saturated rings. The van der Waals surface area contributed by atoms with E-state index in [-0.39, 0.29) is 44.6 Å². The first-order valence-electron chi connectivity index (χ1n) is 10.8. The van der Waals surface area contributed by atoms with Crippen molar-refractivity contribution in [2.24, 2.45) is 0 Å². The van der Waals surface area contributed by atoms with Crippen molar-refractivity contribution in [3.8, 4) is 0 Å². The first kappa shape index (κ1) is 31.9. The topological polar surface area (TPSA) is 175 Å². The highest BCUT2D eigenvalue weighted by atomic mass is 35.5. The van der Waals surface area contributed by atoms with Crippen LogP contribution in [0.1, 0.15) is 25.7 Å². The van der Waals surface area contributed by atoms with Gasteiger partial charge in [0.1, 0.15) is 0 Å². The Kier molecular flexibility index (Phi) is 12.3. The van der Waals surface area contributed by atoms with Crippen molar-refractivity contribution >= 4 is 90.3 Å². The summed E-state index contributed by atoms with van der Waals surface area (Å²) in [6.45, 7) is 0.382. The van der Waals surface area contributed by atoms with Crippen LogP contribution in [-0.4, -0.2) is 42.0 Å². The first-order chi connectivity index (χ1) is 17.8. The maximum absolute atomic E-state index is 12.1. The van der Waals surface area contributed by atoms with Crippen LogP contribution >= 0.6 is 46.4 Å². The maximum atomic E-state index is 12.1. The molecule has 4 amide bonds. The second-order valence-corrected chi connectivity index (χ2v) is 12.0. The standard InChI is InChI=1S/C20H24Cl4N6O6S2/c21-13-7-5-8-14(22)17(13)27-37(33,34)29-19(31)25-11-3-1-2-4-12-26-20(32)30-38(35,36)28-18-15(23)9-6-10-16(18)24/h5-10,27-28H,1-4,11-12H2,(H2,25,29,31)(H2,26,30,32). The summed E-state index contributed by atoms with van der Waals surface area (Å²) >= 11 is 23.6. The van der Waals surface area contributed by atoms with Crippen LogP contribution in [0, 0.1) is 0 Å². The van der Waals surface area contributed by atoms with Crippen molar-refractivity contribution < 1.29 is 26.4 Å². The quantitative estimate of drug-likeness (QED) is 0.175. The highest BCUT2D eigenvalue weighted by Crippen LogP contribution is 2.31. The molecule has 0 spiro atoms. The third-order valence-corrected chi connectivity index (χ3v) is 7.64. The molecule has 2 aromatic rings. The van der Waals surface area contributed by atoms with Crippen LogP contribution in [0.15, 0.2) is 36.4 Å². The number of para-hydroxylation sites is 2. The van der Waals surface area contributed by atoms with Gasteiger partial charge in [0.2, 0.25) is 0 Å². The number of hydrogen-bond donors (Lipinski definition) is 6. The number of unbranched alkanes of at least 4 members (excludes halogenated alkanes) is 3. The molecule has 0 atom stereocenters. The fourth-order valence-corrected chi connectivity index (χ4v) is 5.75. The fraction of sp³-hybridized carbons (Fsp3) is 0.300. The number of benzene rings is 2. The van der Waals surface area contributed by atoms with Crippen LogP contribution in [0.5, 0.6) is 0 Å². The van der Waals surface area contributed by atoms with Crippen molar-refractivity contribution in [2.75, 3.05) is 22.5 Å². The van der Waals surface area contributed by atoms with Crippen LogP contribution in [0.25, 0.3) is 0 Å². The van der Waals surface area contributed by atoms with E-state index in [1.807, 2.05) is 0 Å². The molecule has 0 aliphatic carbocycles. The van der Waals surface area contributed by atoms with E-state index >= 15 is 0 Å². The number of carbonyl (C=O) groups excluding carboxylic acids is 2. The zero-order chi connectivity index (χ0) is 28.3. The summed E-state index contributed by atoms with van der Waals surface area (Å²) in [5.74, 6) is 0. The van der Waals surface area contributed by atoms with E-state index in [4.69, 9.17) is 46.4 Å². The van der Waals surface area contributed by atoms with Crippen molar-refractivity contribution in [3.63, 3.8) is 0 Å². The monoisotopic (exact) mass is 648 g/mol. The van der Waals surface area contributed by atoms with Gasteiger partial charge in [-0.05, 0) is 37.1 Å². The number of urea groups is 2. The van der Waals surface area contributed by atoms with Crippen LogP contribution < -0.4 is 29.5 Å². The van der Waals surface area contributed by atoms with Gasteiger partial charge in [0.05, 0.1) is 31.5 Å². The second-order valence-electron chi connectivity index (χ2n) is 7.53. The number of amides is 4. The van der Waals surface area contributed by atoms with Gasteiger partial charge in [-0.1, -0.05) is 71.4 Å². The largest absolute Gasteiger partial charge is 0.337 e. The molecule has 2 rings (SSSR count). The molecule has 0 aromatic heterocycles. The van der Waals surface area contributed by atoms with Crippen LogP contribution in [0.3, 0.4) is 0 Å². The van der Waals surface area contributed by atoms with Crippen molar-refractivity contribution in [1.82, 2.24) is 20.1 Å². The molecule has 6 N–H and O–H groups in total. The Hall–Kier alpha value is -2.36. The molecule has 0 unspecified atom stereocenters. The minimum absolute atomic E-state index is 0.0581. The first-order valence-corrected chi connectivity index (χ1v) is 15.3. The lowest BCUT2D eigenvalue weighted by Crippen LogP contribution is -2.42. The van der Waals surface area contributed by atoms with Gasteiger partial charge in [0, 0.05) is 13.1 Å². The summed E-state index contributed by atoms with van der Waals surface area (Å²) in [5, 5.41) is 5.08. The zero-order valence-electron chi connectivity index (χ0n) is 19.5. The van der Waals surface area contributed by atoms with Gasteiger partial charge < -0.3 is 10.6 Å². The summed E-state index contributed by atoms with van der Waals surface area (Å²) in [6.07, 6.45) is 2.35. The normalized spacial score (nSPS) is 11.4. The van der Waals surface area contributed by atoms with Crippen molar-refractivity contribution in [2.45, 2.75) is 25.7 Å². The third-order valence-electron chi connectivity index (χ3n) is 4.53. The summed E-state index contributed by atoms with van der Waals surface area (Å²) in [6, 6.07) is 6.94. The lowest BCUT2D eigenvalue weighted by Gasteiger charge is -2.13. The lowest BCUT2D eigenvalue weighted by molar-refractivity contribution is 0.244. The Morgan fingerprint density at radius 1 is 0.579 bits per heavy atom. The molecular formula is C20H24Cl4N6O6S2. The van der Waals surface area contributed by atoms with Gasteiger partial charge in [-0.2, -0.15) is 16.8 Å². The van der Waals surface area contributed by atoms with Crippen LogP contribution in [0.4, 0.5) is 21.0 Å². The van der Waals surface area contributed by atoms with Gasteiger partial charge in [-0.25, -0.2) is 19.0 Å². The minimum atomic E-state index is -4.26. The molecule has 0 radical (unpaired) electrons. The summed E-state index contributed by atoms with van der Waals surface area (Å²) in [4.78, 5) is 23.7. The molecule has 0 bridgehead atoms. The molecule has 210 valence electrons. The Balaban J connectivity index is 1.60. The van der Waals surface area contributed by atoms with E-state index in [0.717, 1.165) is 0 Å². The Labute approximate surface area is 240 Å². The number of carbonyl (C=O) groups is 2. The smallest absolute Gasteiger partial charge is 0.329 e. The Morgan fingerprint density at radius 2 is 0.895 bits per heavy atom. The molecular weight excluding hydrogens is 626 g/mol.